The number of hydrogen-bond acceptors (Lipinski definition) is 5. The van der Waals surface area contributed by atoms with Crippen molar-refractivity contribution in [3.63, 3.8) is 0 Å². The van der Waals surface area contributed by atoms with Crippen molar-refractivity contribution in [3.05, 3.63) is 58.0 Å². The molecule has 2 atom stereocenters. The zero-order valence-corrected chi connectivity index (χ0v) is 18.1. The van der Waals surface area contributed by atoms with Crippen LogP contribution >= 0.6 is 11.3 Å². The molecule has 3 rings (SSSR count). The number of carbonyl (C=O) groups is 2. The minimum Gasteiger partial charge on any atom is -0.379 e. The van der Waals surface area contributed by atoms with Gasteiger partial charge in [0.1, 0.15) is 11.9 Å². The van der Waals surface area contributed by atoms with Gasteiger partial charge < -0.3 is 15.4 Å². The van der Waals surface area contributed by atoms with Crippen LogP contribution in [-0.2, 0) is 9.53 Å². The lowest BCUT2D eigenvalue weighted by Crippen LogP contribution is -2.51. The predicted octanol–water partition coefficient (Wildman–Crippen LogP) is 2.83. The van der Waals surface area contributed by atoms with Gasteiger partial charge in [0.2, 0.25) is 5.91 Å². The second-order valence-electron chi connectivity index (χ2n) is 7.63. The van der Waals surface area contributed by atoms with Gasteiger partial charge in [0.25, 0.3) is 5.91 Å². The van der Waals surface area contributed by atoms with Crippen LogP contribution in [0.5, 0.6) is 0 Å². The first-order valence-electron chi connectivity index (χ1n) is 10.1. The SMILES string of the molecule is CC(C)[C@@H](NC(=O)c1ccc(F)cc1)C(=O)NC[C@@H](c1cccs1)N1CCOCC1. The molecule has 1 aromatic carbocycles. The van der Waals surface area contributed by atoms with E-state index in [0.29, 0.717) is 25.3 Å². The van der Waals surface area contributed by atoms with Crippen LogP contribution in [-0.4, -0.2) is 55.6 Å². The minimum absolute atomic E-state index is 0.0680. The Morgan fingerprint density at radius 3 is 2.47 bits per heavy atom. The Bertz CT molecular complexity index is 821. The number of benzene rings is 1. The molecule has 0 unspecified atom stereocenters. The molecule has 0 radical (unpaired) electrons. The number of morpholine rings is 1. The average molecular weight is 434 g/mol. The van der Waals surface area contributed by atoms with Crippen LogP contribution in [0.4, 0.5) is 4.39 Å². The monoisotopic (exact) mass is 433 g/mol. The van der Waals surface area contributed by atoms with Gasteiger partial charge in [-0.15, -0.1) is 11.3 Å². The second-order valence-corrected chi connectivity index (χ2v) is 8.61. The molecule has 1 aliphatic heterocycles. The number of hydrogen-bond donors (Lipinski definition) is 2. The van der Waals surface area contributed by atoms with Crippen molar-refractivity contribution in [2.45, 2.75) is 25.9 Å². The summed E-state index contributed by atoms with van der Waals surface area (Å²) in [5.74, 6) is -1.13. The standard InChI is InChI=1S/C22H28FN3O3S/c1-15(2)20(25-21(27)16-5-7-17(23)8-6-16)22(28)24-14-18(19-4-3-13-30-19)26-9-11-29-12-10-26/h3-8,13,15,18,20H,9-12,14H2,1-2H3,(H,24,28)(H,25,27)/t18-,20+/m0/s1. The molecule has 2 N–H and O–H groups in total. The molecule has 2 aromatic rings. The maximum Gasteiger partial charge on any atom is 0.251 e. The summed E-state index contributed by atoms with van der Waals surface area (Å²) < 4.78 is 18.6. The van der Waals surface area contributed by atoms with Gasteiger partial charge in [-0.1, -0.05) is 19.9 Å². The summed E-state index contributed by atoms with van der Waals surface area (Å²) in [7, 11) is 0. The molecule has 2 amide bonds. The van der Waals surface area contributed by atoms with Crippen molar-refractivity contribution >= 4 is 23.2 Å². The summed E-state index contributed by atoms with van der Waals surface area (Å²) in [4.78, 5) is 29.0. The minimum atomic E-state index is -0.684. The number of halogens is 1. The molecule has 0 saturated carbocycles. The Balaban J connectivity index is 1.64. The van der Waals surface area contributed by atoms with Crippen LogP contribution < -0.4 is 10.6 Å². The van der Waals surface area contributed by atoms with E-state index in [9.17, 15) is 14.0 Å². The smallest absolute Gasteiger partial charge is 0.251 e. The summed E-state index contributed by atoms with van der Waals surface area (Å²) in [6, 6.07) is 8.74. The van der Waals surface area contributed by atoms with Crippen molar-refractivity contribution < 1.29 is 18.7 Å². The largest absolute Gasteiger partial charge is 0.379 e. The van der Waals surface area contributed by atoms with Gasteiger partial charge >= 0.3 is 0 Å². The molecule has 8 heteroatoms. The zero-order valence-electron chi connectivity index (χ0n) is 17.3. The third-order valence-corrected chi connectivity index (χ3v) is 6.14. The van der Waals surface area contributed by atoms with E-state index in [-0.39, 0.29) is 17.9 Å². The Kier molecular flexibility index (Phi) is 7.95. The van der Waals surface area contributed by atoms with Crippen LogP contribution in [0.3, 0.4) is 0 Å². The first-order valence-corrected chi connectivity index (χ1v) is 11.0. The van der Waals surface area contributed by atoms with E-state index in [1.807, 2.05) is 25.3 Å². The molecule has 1 aromatic heterocycles. The number of nitrogens with zero attached hydrogens (tertiary/aromatic N) is 1. The number of ether oxygens (including phenoxy) is 1. The summed E-state index contributed by atoms with van der Waals surface area (Å²) >= 11 is 1.67. The van der Waals surface area contributed by atoms with Gasteiger partial charge in [-0.3, -0.25) is 14.5 Å². The highest BCUT2D eigenvalue weighted by Gasteiger charge is 2.28. The van der Waals surface area contributed by atoms with E-state index in [0.717, 1.165) is 13.1 Å². The zero-order chi connectivity index (χ0) is 21.5. The summed E-state index contributed by atoms with van der Waals surface area (Å²) in [6.07, 6.45) is 0. The normalized spacial score (nSPS) is 16.8. The number of nitrogens with one attached hydrogen (secondary N) is 2. The number of thiophene rings is 1. The molecule has 6 nitrogen and oxygen atoms in total. The van der Waals surface area contributed by atoms with Gasteiger partial charge in [-0.25, -0.2) is 4.39 Å². The van der Waals surface area contributed by atoms with Gasteiger partial charge in [0.05, 0.1) is 19.3 Å². The topological polar surface area (TPSA) is 70.7 Å². The quantitative estimate of drug-likeness (QED) is 0.672. The number of carbonyl (C=O) groups excluding carboxylic acids is 2. The molecule has 1 fully saturated rings. The molecule has 162 valence electrons. The fraction of sp³-hybridized carbons (Fsp3) is 0.455. The fourth-order valence-corrected chi connectivity index (χ4v) is 4.31. The maximum absolute atomic E-state index is 13.1. The average Bonchev–Trinajstić information content (AvgIpc) is 3.27. The van der Waals surface area contributed by atoms with Gasteiger partial charge in [0, 0.05) is 30.1 Å². The van der Waals surface area contributed by atoms with Crippen molar-refractivity contribution in [3.8, 4) is 0 Å². The fourth-order valence-electron chi connectivity index (χ4n) is 3.45. The van der Waals surface area contributed by atoms with Crippen LogP contribution in [0, 0.1) is 11.7 Å². The third kappa shape index (κ3) is 5.87. The number of rotatable bonds is 8. The second kappa shape index (κ2) is 10.7. The lowest BCUT2D eigenvalue weighted by molar-refractivity contribution is -0.124. The van der Waals surface area contributed by atoms with E-state index in [1.54, 1.807) is 11.3 Å². The highest BCUT2D eigenvalue weighted by Crippen LogP contribution is 2.25. The molecule has 0 bridgehead atoms. The molecule has 1 aliphatic rings. The van der Waals surface area contributed by atoms with E-state index < -0.39 is 17.8 Å². The van der Waals surface area contributed by atoms with Crippen LogP contribution in [0.2, 0.25) is 0 Å². The Hall–Kier alpha value is -2.29. The van der Waals surface area contributed by atoms with E-state index in [4.69, 9.17) is 4.74 Å². The first-order chi connectivity index (χ1) is 14.5. The van der Waals surface area contributed by atoms with E-state index in [2.05, 4.69) is 21.6 Å². The molecule has 0 aliphatic carbocycles. The third-order valence-electron chi connectivity index (χ3n) is 5.17. The van der Waals surface area contributed by atoms with Crippen molar-refractivity contribution in [1.82, 2.24) is 15.5 Å². The van der Waals surface area contributed by atoms with Crippen molar-refractivity contribution in [2.75, 3.05) is 32.8 Å². The lowest BCUT2D eigenvalue weighted by atomic mass is 10.0. The molecular weight excluding hydrogens is 405 g/mol. The molecule has 30 heavy (non-hydrogen) atoms. The highest BCUT2D eigenvalue weighted by atomic mass is 32.1. The van der Waals surface area contributed by atoms with E-state index in [1.165, 1.54) is 29.1 Å². The molecule has 2 heterocycles. The van der Waals surface area contributed by atoms with Gasteiger partial charge in [-0.2, -0.15) is 0 Å². The van der Waals surface area contributed by atoms with Crippen LogP contribution in [0.15, 0.2) is 41.8 Å². The summed E-state index contributed by atoms with van der Waals surface area (Å²) in [5.41, 5.74) is 0.319. The van der Waals surface area contributed by atoms with Crippen molar-refractivity contribution in [2.24, 2.45) is 5.92 Å². The Morgan fingerprint density at radius 2 is 1.87 bits per heavy atom. The number of amides is 2. The van der Waals surface area contributed by atoms with Gasteiger partial charge in [0.15, 0.2) is 0 Å². The predicted molar refractivity (Wildman–Crippen MR) is 115 cm³/mol. The van der Waals surface area contributed by atoms with E-state index >= 15 is 0 Å². The Labute approximate surface area is 180 Å². The Morgan fingerprint density at radius 1 is 1.17 bits per heavy atom. The summed E-state index contributed by atoms with van der Waals surface area (Å²) in [6.45, 7) is 7.20. The summed E-state index contributed by atoms with van der Waals surface area (Å²) in [5, 5.41) is 7.84. The van der Waals surface area contributed by atoms with Gasteiger partial charge in [-0.05, 0) is 41.6 Å². The first kappa shape index (κ1) is 22.4. The van der Waals surface area contributed by atoms with Crippen molar-refractivity contribution in [1.29, 1.82) is 0 Å². The van der Waals surface area contributed by atoms with Crippen LogP contribution in [0.1, 0.15) is 35.1 Å². The molecule has 0 spiro atoms. The van der Waals surface area contributed by atoms with Crippen LogP contribution in [0.25, 0.3) is 0 Å². The maximum atomic E-state index is 13.1. The lowest BCUT2D eigenvalue weighted by Gasteiger charge is -2.34. The molecule has 1 saturated heterocycles. The highest BCUT2D eigenvalue weighted by molar-refractivity contribution is 7.10. The molecular formula is C22H28FN3O3S.